The van der Waals surface area contributed by atoms with Gasteiger partial charge in [0.1, 0.15) is 5.82 Å². The molecule has 0 bridgehead atoms. The molecular formula is C20H17BFNO2P. The van der Waals surface area contributed by atoms with Crippen LogP contribution in [0.25, 0.3) is 0 Å². The Morgan fingerprint density at radius 2 is 1.31 bits per heavy atom. The van der Waals surface area contributed by atoms with E-state index in [0.717, 1.165) is 10.6 Å². The second kappa shape index (κ2) is 9.26. The molecule has 0 saturated carbocycles. The van der Waals surface area contributed by atoms with E-state index in [4.69, 9.17) is 0 Å². The molecule has 0 amide bonds. The molecule has 0 heterocycles. The maximum absolute atomic E-state index is 14.5. The van der Waals surface area contributed by atoms with E-state index in [-0.39, 0.29) is 19.9 Å². The molecule has 129 valence electrons. The summed E-state index contributed by atoms with van der Waals surface area (Å²) in [4.78, 5) is 11.0. The van der Waals surface area contributed by atoms with Gasteiger partial charge < -0.3 is 0 Å². The highest BCUT2D eigenvalue weighted by atomic mass is 31.1. The number of halogens is 1. The summed E-state index contributed by atoms with van der Waals surface area (Å²) in [5.41, 5.74) is -0.131. The largest absolute Gasteiger partial charge is 0.265 e. The molecule has 6 heteroatoms. The minimum atomic E-state index is -1.12. The van der Waals surface area contributed by atoms with Gasteiger partial charge in [-0.05, 0) is 24.6 Å². The average molecular weight is 364 g/mol. The van der Waals surface area contributed by atoms with Gasteiger partial charge in [0.05, 0.1) is 5.66 Å². The van der Waals surface area contributed by atoms with E-state index in [0.29, 0.717) is 5.56 Å². The van der Waals surface area contributed by atoms with Crippen LogP contribution in [0.15, 0.2) is 84.9 Å². The van der Waals surface area contributed by atoms with E-state index in [1.165, 1.54) is 6.07 Å². The van der Waals surface area contributed by atoms with E-state index in [1.807, 2.05) is 60.7 Å². The highest BCUT2D eigenvalue weighted by Gasteiger charge is 2.32. The zero-order valence-corrected chi connectivity index (χ0v) is 14.9. The molecule has 1 atom stereocenters. The molecule has 0 N–H and O–H groups in total. The van der Waals surface area contributed by atoms with Gasteiger partial charge in [-0.3, -0.25) is 10.1 Å². The molecule has 3 aromatic carbocycles. The summed E-state index contributed by atoms with van der Waals surface area (Å²) in [6, 6.07) is 25.7. The van der Waals surface area contributed by atoms with Gasteiger partial charge in [-0.25, -0.2) is 4.39 Å². The number of hydrogen-bond donors (Lipinski definition) is 0. The summed E-state index contributed by atoms with van der Waals surface area (Å²) < 4.78 is 14.5. The maximum atomic E-state index is 14.5. The van der Waals surface area contributed by atoms with Crippen LogP contribution in [0.5, 0.6) is 0 Å². The number of nitro groups is 1. The minimum Gasteiger partial charge on any atom is -0.265 e. The molecule has 0 aliphatic carbocycles. The summed E-state index contributed by atoms with van der Waals surface area (Å²) >= 11 is 0. The Hall–Kier alpha value is -2.52. The lowest BCUT2D eigenvalue weighted by Crippen LogP contribution is -2.23. The van der Waals surface area contributed by atoms with Crippen LogP contribution >= 0.6 is 7.92 Å². The topological polar surface area (TPSA) is 43.1 Å². The lowest BCUT2D eigenvalue weighted by atomic mass is 10.1. The molecular weight excluding hydrogens is 347 g/mol. The molecule has 3 radical (unpaired) electrons. The van der Waals surface area contributed by atoms with Gasteiger partial charge in [-0.1, -0.05) is 78.9 Å². The molecule has 0 aliphatic heterocycles. The minimum absolute atomic E-state index is 0. The maximum Gasteiger partial charge on any atom is 0.215 e. The predicted octanol–water partition coefficient (Wildman–Crippen LogP) is 3.90. The third-order valence-electron chi connectivity index (χ3n) is 3.97. The zero-order valence-electron chi connectivity index (χ0n) is 14.0. The van der Waals surface area contributed by atoms with Crippen LogP contribution in [-0.4, -0.2) is 19.9 Å². The van der Waals surface area contributed by atoms with Crippen molar-refractivity contribution in [2.24, 2.45) is 0 Å². The fourth-order valence-electron chi connectivity index (χ4n) is 2.89. The van der Waals surface area contributed by atoms with Crippen LogP contribution in [-0.2, 0) is 0 Å². The van der Waals surface area contributed by atoms with E-state index in [1.54, 1.807) is 18.2 Å². The van der Waals surface area contributed by atoms with Gasteiger partial charge in [0.15, 0.2) is 0 Å². The molecule has 0 aliphatic rings. The number of benzene rings is 3. The van der Waals surface area contributed by atoms with Crippen molar-refractivity contribution in [2.75, 3.05) is 6.54 Å². The Balaban J connectivity index is 0.00000243. The summed E-state index contributed by atoms with van der Waals surface area (Å²) in [5.74, 6) is -0.395. The van der Waals surface area contributed by atoms with Gasteiger partial charge in [0.2, 0.25) is 6.54 Å². The van der Waals surface area contributed by atoms with E-state index < -0.39 is 19.4 Å². The third kappa shape index (κ3) is 4.56. The van der Waals surface area contributed by atoms with Crippen molar-refractivity contribution < 1.29 is 9.31 Å². The van der Waals surface area contributed by atoms with Crippen molar-refractivity contribution in [3.8, 4) is 0 Å². The lowest BCUT2D eigenvalue weighted by molar-refractivity contribution is -0.479. The lowest BCUT2D eigenvalue weighted by Gasteiger charge is -2.26. The molecule has 1 unspecified atom stereocenters. The first-order valence-electron chi connectivity index (χ1n) is 7.92. The van der Waals surface area contributed by atoms with Crippen LogP contribution in [0.2, 0.25) is 0 Å². The van der Waals surface area contributed by atoms with Gasteiger partial charge in [-0.15, -0.1) is 0 Å². The fraction of sp³-hybridized carbons (Fsp3) is 0.100. The van der Waals surface area contributed by atoms with Crippen LogP contribution < -0.4 is 10.6 Å². The van der Waals surface area contributed by atoms with Crippen molar-refractivity contribution in [2.45, 2.75) is 5.66 Å². The molecule has 3 aromatic rings. The Kier molecular flexibility index (Phi) is 7.05. The van der Waals surface area contributed by atoms with Gasteiger partial charge in [-0.2, -0.15) is 0 Å². The van der Waals surface area contributed by atoms with Crippen LogP contribution in [0.4, 0.5) is 4.39 Å². The van der Waals surface area contributed by atoms with Crippen molar-refractivity contribution in [3.63, 3.8) is 0 Å². The molecule has 3 nitrogen and oxygen atoms in total. The smallest absolute Gasteiger partial charge is 0.215 e. The third-order valence-corrected chi connectivity index (χ3v) is 6.74. The van der Waals surface area contributed by atoms with Gasteiger partial charge >= 0.3 is 0 Å². The Labute approximate surface area is 155 Å². The highest BCUT2D eigenvalue weighted by Crippen LogP contribution is 2.50. The fourth-order valence-corrected chi connectivity index (χ4v) is 5.68. The van der Waals surface area contributed by atoms with E-state index >= 15 is 0 Å². The van der Waals surface area contributed by atoms with Crippen molar-refractivity contribution in [3.05, 3.63) is 106 Å². The second-order valence-electron chi connectivity index (χ2n) is 5.59. The van der Waals surface area contributed by atoms with Gasteiger partial charge in [0.25, 0.3) is 0 Å². The van der Waals surface area contributed by atoms with Crippen molar-refractivity contribution in [1.82, 2.24) is 0 Å². The molecule has 26 heavy (non-hydrogen) atoms. The molecule has 3 rings (SSSR count). The van der Waals surface area contributed by atoms with Crippen LogP contribution in [0.1, 0.15) is 11.2 Å². The predicted molar refractivity (Wildman–Crippen MR) is 106 cm³/mol. The molecule has 0 aromatic heterocycles. The molecule has 0 fully saturated rings. The van der Waals surface area contributed by atoms with Crippen molar-refractivity contribution >= 4 is 26.9 Å². The van der Waals surface area contributed by atoms with E-state index in [2.05, 4.69) is 0 Å². The van der Waals surface area contributed by atoms with Gasteiger partial charge in [0, 0.05) is 18.9 Å². The highest BCUT2D eigenvalue weighted by molar-refractivity contribution is 7.73. The number of nitrogens with zero attached hydrogens (tertiary/aromatic N) is 1. The quantitative estimate of drug-likeness (QED) is 0.288. The first-order valence-corrected chi connectivity index (χ1v) is 9.33. The first-order chi connectivity index (χ1) is 12.2. The summed E-state index contributed by atoms with van der Waals surface area (Å²) in [7, 11) is -1.12. The normalized spacial score (nSPS) is 11.6. The average Bonchev–Trinajstić information content (AvgIpc) is 2.63. The van der Waals surface area contributed by atoms with Crippen LogP contribution in [0.3, 0.4) is 0 Å². The molecule has 0 spiro atoms. The van der Waals surface area contributed by atoms with E-state index in [9.17, 15) is 14.5 Å². The van der Waals surface area contributed by atoms with Crippen LogP contribution in [0, 0.1) is 15.9 Å². The Morgan fingerprint density at radius 3 is 1.77 bits per heavy atom. The first kappa shape index (κ1) is 19.8. The Bertz CT molecular complexity index is 809. The second-order valence-corrected chi connectivity index (χ2v) is 7.99. The molecule has 0 saturated heterocycles. The van der Waals surface area contributed by atoms with Crippen molar-refractivity contribution in [1.29, 1.82) is 0 Å². The Morgan fingerprint density at radius 1 is 0.846 bits per heavy atom. The summed E-state index contributed by atoms with van der Waals surface area (Å²) in [6.45, 7) is -0.309. The standard InChI is InChI=1S/C20H17FNO2P.B/c21-19-14-8-7-13-18(19)20(15-22(23)24)25(16-9-3-1-4-10-16)17-11-5-2-6-12-17;/h1-14,20H,15H2;. The number of hydrogen-bond acceptors (Lipinski definition) is 2. The zero-order chi connectivity index (χ0) is 17.6. The summed E-state index contributed by atoms with van der Waals surface area (Å²) in [6.07, 6.45) is 0. The summed E-state index contributed by atoms with van der Waals surface area (Å²) in [5, 5.41) is 13.4. The number of rotatable bonds is 6. The SMILES string of the molecule is O=[N+]([O-])CC(c1ccccc1F)P(c1ccccc1)c1ccccc1.[B]. The monoisotopic (exact) mass is 364 g/mol.